The second kappa shape index (κ2) is 6.96. The lowest BCUT2D eigenvalue weighted by Crippen LogP contribution is -2.56. The third-order valence-corrected chi connectivity index (χ3v) is 4.77. The van der Waals surface area contributed by atoms with Gasteiger partial charge < -0.3 is 19.9 Å². The van der Waals surface area contributed by atoms with Crippen LogP contribution in [0.4, 0.5) is 4.79 Å². The molecule has 1 atom stereocenters. The third-order valence-electron chi connectivity index (χ3n) is 4.77. The monoisotopic (exact) mass is 303 g/mol. The summed E-state index contributed by atoms with van der Waals surface area (Å²) in [6, 6.07) is 0.230. The highest BCUT2D eigenvalue weighted by Gasteiger charge is 2.39. The lowest BCUT2D eigenvalue weighted by molar-refractivity contribution is 0.0267. The average molecular weight is 304 g/mol. The maximum absolute atomic E-state index is 12.6. The highest BCUT2D eigenvalue weighted by molar-refractivity contribution is 5.85. The minimum Gasteiger partial charge on any atom is -0.378 e. The van der Waals surface area contributed by atoms with Crippen molar-refractivity contribution in [2.45, 2.75) is 25.7 Å². The first kappa shape index (κ1) is 15.9. The number of morpholine rings is 1. The van der Waals surface area contributed by atoms with Crippen molar-refractivity contribution in [1.82, 2.24) is 15.1 Å². The first-order valence-electron chi connectivity index (χ1n) is 7.61. The van der Waals surface area contributed by atoms with E-state index in [1.54, 1.807) is 0 Å². The Labute approximate surface area is 127 Å². The summed E-state index contributed by atoms with van der Waals surface area (Å²) in [5, 5.41) is 3.51. The molecule has 3 rings (SSSR count). The predicted octanol–water partition coefficient (Wildman–Crippen LogP) is 1.33. The third kappa shape index (κ3) is 3.38. The topological polar surface area (TPSA) is 44.8 Å². The SMILES string of the molecule is Cl.O=C(N1CCOCC1)N1CCCC2(CCCNC2)C1. The fraction of sp³-hybridized carbons (Fsp3) is 0.929. The van der Waals surface area contributed by atoms with Crippen molar-refractivity contribution >= 4 is 18.4 Å². The molecule has 3 saturated heterocycles. The molecule has 0 aromatic carbocycles. The van der Waals surface area contributed by atoms with Gasteiger partial charge >= 0.3 is 6.03 Å². The zero-order chi connectivity index (χ0) is 13.1. The number of piperidine rings is 2. The lowest BCUT2D eigenvalue weighted by atomic mass is 9.74. The zero-order valence-electron chi connectivity index (χ0n) is 12.1. The van der Waals surface area contributed by atoms with Crippen LogP contribution >= 0.6 is 12.4 Å². The molecular formula is C14H26ClN3O2. The molecule has 6 heteroatoms. The van der Waals surface area contributed by atoms with Crippen molar-refractivity contribution in [3.8, 4) is 0 Å². The number of carbonyl (C=O) groups is 1. The highest BCUT2D eigenvalue weighted by Crippen LogP contribution is 2.36. The molecule has 3 aliphatic heterocycles. The van der Waals surface area contributed by atoms with Crippen LogP contribution in [0.2, 0.25) is 0 Å². The van der Waals surface area contributed by atoms with Gasteiger partial charge in [0.05, 0.1) is 13.2 Å². The summed E-state index contributed by atoms with van der Waals surface area (Å²) >= 11 is 0. The van der Waals surface area contributed by atoms with Crippen LogP contribution in [0.25, 0.3) is 0 Å². The minimum atomic E-state index is 0. The Kier molecular flexibility index (Phi) is 5.52. The van der Waals surface area contributed by atoms with Gasteiger partial charge in [-0.05, 0) is 32.2 Å². The van der Waals surface area contributed by atoms with Crippen LogP contribution in [-0.4, -0.2) is 68.3 Å². The molecule has 0 aliphatic carbocycles. The summed E-state index contributed by atoms with van der Waals surface area (Å²) in [5.74, 6) is 0. The molecule has 0 aromatic rings. The largest absolute Gasteiger partial charge is 0.378 e. The van der Waals surface area contributed by atoms with E-state index in [2.05, 4.69) is 10.2 Å². The second-order valence-electron chi connectivity index (χ2n) is 6.19. The molecule has 1 N–H and O–H groups in total. The number of halogens is 1. The normalized spacial score (nSPS) is 31.0. The maximum Gasteiger partial charge on any atom is 0.320 e. The molecule has 116 valence electrons. The number of nitrogens with zero attached hydrogens (tertiary/aromatic N) is 2. The minimum absolute atomic E-state index is 0. The number of amides is 2. The number of carbonyl (C=O) groups excluding carboxylic acids is 1. The fourth-order valence-electron chi connectivity index (χ4n) is 3.70. The molecule has 0 aromatic heterocycles. The number of nitrogens with one attached hydrogen (secondary N) is 1. The lowest BCUT2D eigenvalue weighted by Gasteiger charge is -2.46. The number of hydrogen-bond acceptors (Lipinski definition) is 3. The van der Waals surface area contributed by atoms with E-state index in [0.29, 0.717) is 18.6 Å². The van der Waals surface area contributed by atoms with Crippen LogP contribution < -0.4 is 5.32 Å². The van der Waals surface area contributed by atoms with E-state index < -0.39 is 0 Å². The van der Waals surface area contributed by atoms with Gasteiger partial charge in [0, 0.05) is 38.1 Å². The molecule has 1 spiro atoms. The predicted molar refractivity (Wildman–Crippen MR) is 80.4 cm³/mol. The van der Waals surface area contributed by atoms with Gasteiger partial charge in [0.15, 0.2) is 0 Å². The number of hydrogen-bond donors (Lipinski definition) is 1. The molecule has 0 bridgehead atoms. The van der Waals surface area contributed by atoms with Crippen molar-refractivity contribution in [1.29, 1.82) is 0 Å². The molecule has 3 aliphatic rings. The first-order chi connectivity index (χ1) is 9.29. The Hall–Kier alpha value is -0.520. The van der Waals surface area contributed by atoms with Gasteiger partial charge in [-0.2, -0.15) is 0 Å². The van der Waals surface area contributed by atoms with E-state index in [1.165, 1.54) is 19.3 Å². The molecule has 20 heavy (non-hydrogen) atoms. The summed E-state index contributed by atoms with van der Waals surface area (Å²) < 4.78 is 5.32. The quantitative estimate of drug-likeness (QED) is 0.734. The smallest absolute Gasteiger partial charge is 0.320 e. The molecule has 2 amide bonds. The molecule has 3 heterocycles. The number of ether oxygens (including phenoxy) is 1. The van der Waals surface area contributed by atoms with Gasteiger partial charge in [-0.25, -0.2) is 4.79 Å². The second-order valence-corrected chi connectivity index (χ2v) is 6.19. The number of urea groups is 1. The molecule has 0 radical (unpaired) electrons. The van der Waals surface area contributed by atoms with Gasteiger partial charge in [0.1, 0.15) is 0 Å². The van der Waals surface area contributed by atoms with Crippen molar-refractivity contribution in [2.75, 3.05) is 52.5 Å². The Bertz CT molecular complexity index is 323. The first-order valence-corrected chi connectivity index (χ1v) is 7.61. The van der Waals surface area contributed by atoms with E-state index in [4.69, 9.17) is 4.74 Å². The van der Waals surface area contributed by atoms with Gasteiger partial charge in [0.2, 0.25) is 0 Å². The van der Waals surface area contributed by atoms with E-state index in [1.807, 2.05) is 4.90 Å². The summed E-state index contributed by atoms with van der Waals surface area (Å²) in [4.78, 5) is 16.6. The summed E-state index contributed by atoms with van der Waals surface area (Å²) in [6.45, 7) is 6.97. The maximum atomic E-state index is 12.6. The van der Waals surface area contributed by atoms with Crippen LogP contribution in [0.5, 0.6) is 0 Å². The Balaban J connectivity index is 0.00000147. The molecule has 5 nitrogen and oxygen atoms in total. The van der Waals surface area contributed by atoms with E-state index in [9.17, 15) is 4.79 Å². The fourth-order valence-corrected chi connectivity index (χ4v) is 3.70. The van der Waals surface area contributed by atoms with Gasteiger partial charge in [0.25, 0.3) is 0 Å². The molecular weight excluding hydrogens is 278 g/mol. The van der Waals surface area contributed by atoms with Crippen molar-refractivity contribution in [3.63, 3.8) is 0 Å². The molecule has 3 fully saturated rings. The summed E-state index contributed by atoms with van der Waals surface area (Å²) in [6.07, 6.45) is 4.94. The van der Waals surface area contributed by atoms with Crippen molar-refractivity contribution in [3.05, 3.63) is 0 Å². The van der Waals surface area contributed by atoms with Gasteiger partial charge in [-0.15, -0.1) is 12.4 Å². The number of likely N-dealkylation sites (tertiary alicyclic amines) is 1. The van der Waals surface area contributed by atoms with Crippen LogP contribution in [0.1, 0.15) is 25.7 Å². The van der Waals surface area contributed by atoms with Crippen molar-refractivity contribution < 1.29 is 9.53 Å². The molecule has 0 saturated carbocycles. The van der Waals surface area contributed by atoms with Crippen LogP contribution in [0, 0.1) is 5.41 Å². The number of rotatable bonds is 0. The standard InChI is InChI=1S/C14H25N3O2.ClH/c18-13(16-7-9-19-10-8-16)17-6-2-4-14(12-17)3-1-5-15-11-14;/h15H,1-12H2;1H. The zero-order valence-corrected chi connectivity index (χ0v) is 12.9. The van der Waals surface area contributed by atoms with Crippen LogP contribution in [0.15, 0.2) is 0 Å². The Morgan fingerprint density at radius 2 is 1.80 bits per heavy atom. The van der Waals surface area contributed by atoms with Gasteiger partial charge in [-0.3, -0.25) is 0 Å². The van der Waals surface area contributed by atoms with Crippen molar-refractivity contribution in [2.24, 2.45) is 5.41 Å². The summed E-state index contributed by atoms with van der Waals surface area (Å²) in [5.41, 5.74) is 0.346. The average Bonchev–Trinajstić information content (AvgIpc) is 2.48. The Morgan fingerprint density at radius 1 is 1.05 bits per heavy atom. The van der Waals surface area contributed by atoms with E-state index in [-0.39, 0.29) is 18.4 Å². The van der Waals surface area contributed by atoms with Crippen LogP contribution in [-0.2, 0) is 4.74 Å². The Morgan fingerprint density at radius 3 is 2.50 bits per heavy atom. The highest BCUT2D eigenvalue weighted by atomic mass is 35.5. The molecule has 1 unspecified atom stereocenters. The van der Waals surface area contributed by atoms with Crippen LogP contribution in [0.3, 0.4) is 0 Å². The van der Waals surface area contributed by atoms with Gasteiger partial charge in [-0.1, -0.05) is 0 Å². The van der Waals surface area contributed by atoms with E-state index in [0.717, 1.165) is 45.7 Å². The van der Waals surface area contributed by atoms with E-state index >= 15 is 0 Å². The summed E-state index contributed by atoms with van der Waals surface area (Å²) in [7, 11) is 0.